The molecule has 1 aromatic heterocycles. The first-order chi connectivity index (χ1) is 8.76. The molecule has 0 spiro atoms. The largest absolute Gasteiger partial charge is 0.341 e. The lowest BCUT2D eigenvalue weighted by atomic mass is 9.90. The second-order valence-electron chi connectivity index (χ2n) is 5.09. The van der Waals surface area contributed by atoms with Gasteiger partial charge in [0.15, 0.2) is 0 Å². The maximum atomic E-state index is 6.00. The normalized spacial score (nSPS) is 24.6. The third-order valence-electron chi connectivity index (χ3n) is 3.88. The predicted molar refractivity (Wildman–Crippen MR) is 74.9 cm³/mol. The number of H-pyrrole nitrogens is 1. The minimum Gasteiger partial charge on any atom is -0.341 e. The number of fused-ring (bicyclic) bond motifs is 1. The molecule has 0 bridgehead atoms. The van der Waals surface area contributed by atoms with Crippen molar-refractivity contribution in [1.82, 2.24) is 15.3 Å². The van der Waals surface area contributed by atoms with Crippen molar-refractivity contribution in [2.24, 2.45) is 5.92 Å². The molecule has 4 heteroatoms. The Labute approximate surface area is 112 Å². The molecule has 0 radical (unpaired) electrons. The molecule has 3 nitrogen and oxygen atoms in total. The number of piperidine rings is 1. The van der Waals surface area contributed by atoms with Crippen LogP contribution in [0, 0.1) is 5.92 Å². The van der Waals surface area contributed by atoms with Crippen LogP contribution < -0.4 is 5.32 Å². The SMILES string of the molecule is CCC1CCNC(c2nc3ccc(Cl)cc3[nH]2)C1. The smallest absolute Gasteiger partial charge is 0.124 e. The van der Waals surface area contributed by atoms with Gasteiger partial charge in [0.1, 0.15) is 5.82 Å². The number of rotatable bonds is 2. The predicted octanol–water partition coefficient (Wildman–Crippen LogP) is 3.67. The average molecular weight is 264 g/mol. The molecule has 18 heavy (non-hydrogen) atoms. The van der Waals surface area contributed by atoms with Crippen LogP contribution in [-0.2, 0) is 0 Å². The topological polar surface area (TPSA) is 40.7 Å². The van der Waals surface area contributed by atoms with Crippen LogP contribution in [0.25, 0.3) is 11.0 Å². The molecule has 96 valence electrons. The van der Waals surface area contributed by atoms with Gasteiger partial charge in [-0.25, -0.2) is 4.98 Å². The number of aromatic amines is 1. The highest BCUT2D eigenvalue weighted by Gasteiger charge is 2.23. The van der Waals surface area contributed by atoms with Crippen molar-refractivity contribution in [2.45, 2.75) is 32.2 Å². The summed E-state index contributed by atoms with van der Waals surface area (Å²) in [5.41, 5.74) is 2.02. The Kier molecular flexibility index (Phi) is 3.27. The van der Waals surface area contributed by atoms with Crippen molar-refractivity contribution in [3.05, 3.63) is 29.0 Å². The van der Waals surface area contributed by atoms with Crippen LogP contribution in [-0.4, -0.2) is 16.5 Å². The maximum absolute atomic E-state index is 6.00. The number of nitrogens with zero attached hydrogens (tertiary/aromatic N) is 1. The fourth-order valence-electron chi connectivity index (χ4n) is 2.74. The molecule has 2 heterocycles. The molecule has 1 aliphatic heterocycles. The Bertz CT molecular complexity index is 549. The molecule has 2 aromatic rings. The number of nitrogens with one attached hydrogen (secondary N) is 2. The third kappa shape index (κ3) is 2.25. The molecule has 2 unspecified atom stereocenters. The molecule has 2 atom stereocenters. The molecule has 1 saturated heterocycles. The zero-order valence-electron chi connectivity index (χ0n) is 10.5. The van der Waals surface area contributed by atoms with E-state index in [1.54, 1.807) is 0 Å². The molecule has 1 aliphatic rings. The van der Waals surface area contributed by atoms with E-state index in [1.165, 1.54) is 19.3 Å². The first-order valence-corrected chi connectivity index (χ1v) is 7.02. The van der Waals surface area contributed by atoms with E-state index in [2.05, 4.69) is 22.2 Å². The molecule has 2 N–H and O–H groups in total. The van der Waals surface area contributed by atoms with Gasteiger partial charge in [-0.3, -0.25) is 0 Å². The molecule has 3 rings (SSSR count). The minimum absolute atomic E-state index is 0.356. The van der Waals surface area contributed by atoms with Gasteiger partial charge < -0.3 is 10.3 Å². The Hall–Kier alpha value is -1.06. The Morgan fingerprint density at radius 3 is 3.17 bits per heavy atom. The number of benzene rings is 1. The molecule has 0 aliphatic carbocycles. The summed E-state index contributed by atoms with van der Waals surface area (Å²) in [7, 11) is 0. The summed E-state index contributed by atoms with van der Waals surface area (Å²) in [6.07, 6.45) is 3.70. The summed E-state index contributed by atoms with van der Waals surface area (Å²) in [6, 6.07) is 6.15. The third-order valence-corrected chi connectivity index (χ3v) is 4.12. The monoisotopic (exact) mass is 263 g/mol. The maximum Gasteiger partial charge on any atom is 0.124 e. The second-order valence-corrected chi connectivity index (χ2v) is 5.53. The number of hydrogen-bond donors (Lipinski definition) is 2. The summed E-state index contributed by atoms with van der Waals surface area (Å²) >= 11 is 6.00. The average Bonchev–Trinajstić information content (AvgIpc) is 2.81. The van der Waals surface area contributed by atoms with Crippen LogP contribution in [0.1, 0.15) is 38.1 Å². The number of aromatic nitrogens is 2. The highest BCUT2D eigenvalue weighted by Crippen LogP contribution is 2.29. The Morgan fingerprint density at radius 1 is 1.44 bits per heavy atom. The van der Waals surface area contributed by atoms with E-state index < -0.39 is 0 Å². The van der Waals surface area contributed by atoms with Gasteiger partial charge in [0.25, 0.3) is 0 Å². The number of hydrogen-bond acceptors (Lipinski definition) is 2. The van der Waals surface area contributed by atoms with Crippen LogP contribution in [0.2, 0.25) is 5.02 Å². The summed E-state index contributed by atoms with van der Waals surface area (Å²) in [6.45, 7) is 3.35. The summed E-state index contributed by atoms with van der Waals surface area (Å²) in [5.74, 6) is 1.86. The number of imidazole rings is 1. The summed E-state index contributed by atoms with van der Waals surface area (Å²) in [4.78, 5) is 8.06. The van der Waals surface area contributed by atoms with Gasteiger partial charge >= 0.3 is 0 Å². The molecule has 1 aromatic carbocycles. The van der Waals surface area contributed by atoms with E-state index >= 15 is 0 Å². The molecule has 0 saturated carbocycles. The lowest BCUT2D eigenvalue weighted by Gasteiger charge is -2.28. The van der Waals surface area contributed by atoms with Gasteiger partial charge in [-0.15, -0.1) is 0 Å². The van der Waals surface area contributed by atoms with Gasteiger partial charge in [0.2, 0.25) is 0 Å². The van der Waals surface area contributed by atoms with E-state index in [-0.39, 0.29) is 0 Å². The lowest BCUT2D eigenvalue weighted by molar-refractivity contribution is 0.292. The van der Waals surface area contributed by atoms with Crippen molar-refractivity contribution in [1.29, 1.82) is 0 Å². The van der Waals surface area contributed by atoms with Crippen LogP contribution >= 0.6 is 11.6 Å². The van der Waals surface area contributed by atoms with Gasteiger partial charge in [-0.1, -0.05) is 24.9 Å². The molecule has 1 fully saturated rings. The Morgan fingerprint density at radius 2 is 2.33 bits per heavy atom. The second kappa shape index (κ2) is 4.90. The standard InChI is InChI=1S/C14H18ClN3/c1-2-9-5-6-16-13(7-9)14-17-11-4-3-10(15)8-12(11)18-14/h3-4,8-9,13,16H,2,5-7H2,1H3,(H,17,18). The van der Waals surface area contributed by atoms with Gasteiger partial charge in [-0.05, 0) is 43.5 Å². The zero-order chi connectivity index (χ0) is 12.5. The minimum atomic E-state index is 0.356. The molecule has 0 amide bonds. The van der Waals surface area contributed by atoms with Crippen molar-refractivity contribution in [3.63, 3.8) is 0 Å². The highest BCUT2D eigenvalue weighted by atomic mass is 35.5. The first kappa shape index (κ1) is 12.0. The van der Waals surface area contributed by atoms with E-state index in [0.29, 0.717) is 6.04 Å². The summed E-state index contributed by atoms with van der Waals surface area (Å²) in [5, 5.41) is 4.30. The molecular formula is C14H18ClN3. The van der Waals surface area contributed by atoms with Gasteiger partial charge in [0.05, 0.1) is 17.1 Å². The fourth-order valence-corrected chi connectivity index (χ4v) is 2.91. The quantitative estimate of drug-likeness (QED) is 0.868. The van der Waals surface area contributed by atoms with E-state index in [1.807, 2.05) is 18.2 Å². The van der Waals surface area contributed by atoms with Crippen LogP contribution in [0.15, 0.2) is 18.2 Å². The van der Waals surface area contributed by atoms with E-state index in [9.17, 15) is 0 Å². The van der Waals surface area contributed by atoms with Crippen molar-refractivity contribution in [3.8, 4) is 0 Å². The fraction of sp³-hybridized carbons (Fsp3) is 0.500. The lowest BCUT2D eigenvalue weighted by Crippen LogP contribution is -2.32. The van der Waals surface area contributed by atoms with Crippen LogP contribution in [0.3, 0.4) is 0 Å². The van der Waals surface area contributed by atoms with Crippen molar-refractivity contribution >= 4 is 22.6 Å². The number of halogens is 1. The van der Waals surface area contributed by atoms with Crippen LogP contribution in [0.4, 0.5) is 0 Å². The van der Waals surface area contributed by atoms with E-state index in [0.717, 1.165) is 34.3 Å². The van der Waals surface area contributed by atoms with Gasteiger partial charge in [0, 0.05) is 5.02 Å². The van der Waals surface area contributed by atoms with Crippen LogP contribution in [0.5, 0.6) is 0 Å². The van der Waals surface area contributed by atoms with Crippen molar-refractivity contribution in [2.75, 3.05) is 6.54 Å². The molecular weight excluding hydrogens is 246 g/mol. The van der Waals surface area contributed by atoms with E-state index in [4.69, 9.17) is 11.6 Å². The summed E-state index contributed by atoms with van der Waals surface area (Å²) < 4.78 is 0. The zero-order valence-corrected chi connectivity index (χ0v) is 11.3. The first-order valence-electron chi connectivity index (χ1n) is 6.65. The van der Waals surface area contributed by atoms with Gasteiger partial charge in [-0.2, -0.15) is 0 Å². The van der Waals surface area contributed by atoms with Crippen molar-refractivity contribution < 1.29 is 0 Å². The highest BCUT2D eigenvalue weighted by molar-refractivity contribution is 6.31. The Balaban J connectivity index is 1.89.